The molecule has 0 heterocycles. The molecule has 0 radical (unpaired) electrons. The lowest BCUT2D eigenvalue weighted by atomic mass is 9.90. The van der Waals surface area contributed by atoms with Crippen LogP contribution in [-0.2, 0) is 0 Å². The van der Waals surface area contributed by atoms with Crippen LogP contribution >= 0.6 is 15.9 Å². The van der Waals surface area contributed by atoms with Crippen molar-refractivity contribution in [2.45, 2.75) is 38.5 Å². The number of rotatable bonds is 2. The minimum atomic E-state index is -0.774. The van der Waals surface area contributed by atoms with Crippen molar-refractivity contribution in [2.24, 2.45) is 5.92 Å². The summed E-state index contributed by atoms with van der Waals surface area (Å²) in [5.41, 5.74) is -0.378. The lowest BCUT2D eigenvalue weighted by Gasteiger charge is -2.14. The first kappa shape index (κ1) is 13.7. The van der Waals surface area contributed by atoms with Crippen molar-refractivity contribution in [2.75, 3.05) is 0 Å². The fourth-order valence-corrected chi connectivity index (χ4v) is 2.83. The lowest BCUT2D eigenvalue weighted by molar-refractivity contribution is 0.0899. The zero-order chi connectivity index (χ0) is 13.1. The molecule has 0 bridgehead atoms. The summed E-state index contributed by atoms with van der Waals surface area (Å²) in [7, 11) is 0. The third-order valence-electron chi connectivity index (χ3n) is 3.52. The number of ketones is 1. The maximum Gasteiger partial charge on any atom is 0.171 e. The molecule has 1 aliphatic carbocycles. The summed E-state index contributed by atoms with van der Waals surface area (Å²) in [6.45, 7) is 0. The van der Waals surface area contributed by atoms with Gasteiger partial charge in [0.25, 0.3) is 0 Å². The van der Waals surface area contributed by atoms with Crippen LogP contribution in [-0.4, -0.2) is 5.78 Å². The quantitative estimate of drug-likeness (QED) is 0.432. The average molecular weight is 317 g/mol. The van der Waals surface area contributed by atoms with Crippen molar-refractivity contribution in [3.05, 3.63) is 33.8 Å². The Morgan fingerprint density at radius 2 is 1.72 bits per heavy atom. The van der Waals surface area contributed by atoms with E-state index >= 15 is 0 Å². The summed E-state index contributed by atoms with van der Waals surface area (Å²) in [5.74, 6) is -2.15. The Morgan fingerprint density at radius 3 is 2.33 bits per heavy atom. The Morgan fingerprint density at radius 1 is 1.11 bits per heavy atom. The molecule has 1 nitrogen and oxygen atoms in total. The van der Waals surface area contributed by atoms with E-state index in [2.05, 4.69) is 15.9 Å². The first-order valence-corrected chi connectivity index (χ1v) is 7.08. The molecule has 0 saturated heterocycles. The molecule has 1 fully saturated rings. The molecule has 0 aromatic heterocycles. The molecule has 0 amide bonds. The minimum Gasteiger partial charge on any atom is -0.294 e. The van der Waals surface area contributed by atoms with Crippen LogP contribution < -0.4 is 0 Å². The van der Waals surface area contributed by atoms with Crippen molar-refractivity contribution >= 4 is 21.7 Å². The van der Waals surface area contributed by atoms with Crippen LogP contribution in [0.5, 0.6) is 0 Å². The van der Waals surface area contributed by atoms with Crippen molar-refractivity contribution in [3.63, 3.8) is 0 Å². The fraction of sp³-hybridized carbons (Fsp3) is 0.500. The molecule has 1 aliphatic rings. The van der Waals surface area contributed by atoms with E-state index in [1.807, 2.05) is 0 Å². The van der Waals surface area contributed by atoms with Crippen LogP contribution in [0.1, 0.15) is 48.9 Å². The van der Waals surface area contributed by atoms with Gasteiger partial charge >= 0.3 is 0 Å². The number of carbonyl (C=O) groups excluding carboxylic acids is 1. The number of benzene rings is 1. The topological polar surface area (TPSA) is 17.1 Å². The van der Waals surface area contributed by atoms with Crippen molar-refractivity contribution in [1.82, 2.24) is 0 Å². The number of hydrogen-bond donors (Lipinski definition) is 0. The maximum absolute atomic E-state index is 13.9. The van der Waals surface area contributed by atoms with Gasteiger partial charge in [0, 0.05) is 5.92 Å². The number of halogens is 3. The Bertz CT molecular complexity index is 451. The first-order chi connectivity index (χ1) is 8.61. The normalized spacial score (nSPS) is 17.5. The third kappa shape index (κ3) is 2.79. The van der Waals surface area contributed by atoms with E-state index in [-0.39, 0.29) is 21.7 Å². The highest BCUT2D eigenvalue weighted by molar-refractivity contribution is 9.10. The van der Waals surface area contributed by atoms with Crippen LogP contribution in [0, 0.1) is 17.6 Å². The Hall–Kier alpha value is -0.770. The average Bonchev–Trinajstić information content (AvgIpc) is 2.63. The number of Topliss-reactive ketones (excluding diaryl/α,β-unsaturated/α-hetero) is 1. The van der Waals surface area contributed by atoms with Crippen LogP contribution in [0.3, 0.4) is 0 Å². The predicted molar refractivity (Wildman–Crippen MR) is 69.6 cm³/mol. The molecular weight excluding hydrogens is 302 g/mol. The zero-order valence-corrected chi connectivity index (χ0v) is 11.6. The Kier molecular flexibility index (Phi) is 4.49. The van der Waals surface area contributed by atoms with Gasteiger partial charge in [-0.3, -0.25) is 4.79 Å². The second kappa shape index (κ2) is 5.91. The molecule has 1 aromatic rings. The summed E-state index contributed by atoms with van der Waals surface area (Å²) >= 11 is 2.99. The molecule has 98 valence electrons. The molecule has 1 saturated carbocycles. The monoisotopic (exact) mass is 316 g/mol. The van der Waals surface area contributed by atoms with Gasteiger partial charge in [0.15, 0.2) is 11.6 Å². The van der Waals surface area contributed by atoms with Gasteiger partial charge < -0.3 is 0 Å². The summed E-state index contributed by atoms with van der Waals surface area (Å²) in [4.78, 5) is 12.2. The SMILES string of the molecule is O=C(c1c(F)ccc(Br)c1F)C1CCCCCC1. The summed E-state index contributed by atoms with van der Waals surface area (Å²) in [5, 5.41) is 0. The molecule has 2 rings (SSSR count). The van der Waals surface area contributed by atoms with Gasteiger partial charge in [0.2, 0.25) is 0 Å². The molecular formula is C14H15BrF2O. The van der Waals surface area contributed by atoms with Gasteiger partial charge in [-0.05, 0) is 40.9 Å². The molecule has 0 unspecified atom stereocenters. The summed E-state index contributed by atoms with van der Waals surface area (Å²) in [6, 6.07) is 2.42. The number of carbonyl (C=O) groups is 1. The van der Waals surface area contributed by atoms with Gasteiger partial charge in [-0.2, -0.15) is 0 Å². The van der Waals surface area contributed by atoms with E-state index < -0.39 is 11.6 Å². The van der Waals surface area contributed by atoms with Crippen molar-refractivity contribution in [1.29, 1.82) is 0 Å². The van der Waals surface area contributed by atoms with Crippen LogP contribution in [0.2, 0.25) is 0 Å². The van der Waals surface area contributed by atoms with Gasteiger partial charge in [-0.25, -0.2) is 8.78 Å². The van der Waals surface area contributed by atoms with Gasteiger partial charge in [0.1, 0.15) is 5.82 Å². The van der Waals surface area contributed by atoms with Crippen molar-refractivity contribution < 1.29 is 13.6 Å². The third-order valence-corrected chi connectivity index (χ3v) is 4.13. The molecule has 1 aromatic carbocycles. The predicted octanol–water partition coefficient (Wildman–Crippen LogP) is 4.88. The fourth-order valence-electron chi connectivity index (χ4n) is 2.50. The largest absolute Gasteiger partial charge is 0.294 e. The molecule has 0 N–H and O–H groups in total. The minimum absolute atomic E-state index is 0.140. The number of hydrogen-bond acceptors (Lipinski definition) is 1. The zero-order valence-electron chi connectivity index (χ0n) is 10.0. The van der Waals surface area contributed by atoms with Gasteiger partial charge in [-0.1, -0.05) is 25.7 Å². The molecule has 0 atom stereocenters. The second-order valence-electron chi connectivity index (χ2n) is 4.77. The van der Waals surface area contributed by atoms with E-state index in [0.29, 0.717) is 0 Å². The van der Waals surface area contributed by atoms with Crippen LogP contribution in [0.15, 0.2) is 16.6 Å². The van der Waals surface area contributed by atoms with Gasteiger partial charge in [-0.15, -0.1) is 0 Å². The lowest BCUT2D eigenvalue weighted by Crippen LogP contribution is -2.17. The van der Waals surface area contributed by atoms with Gasteiger partial charge in [0.05, 0.1) is 10.0 Å². The summed E-state index contributed by atoms with van der Waals surface area (Å²) < 4.78 is 27.7. The van der Waals surface area contributed by atoms with E-state index in [1.54, 1.807) is 0 Å². The Balaban J connectivity index is 2.30. The highest BCUT2D eigenvalue weighted by Crippen LogP contribution is 2.30. The maximum atomic E-state index is 13.9. The van der Waals surface area contributed by atoms with E-state index in [9.17, 15) is 13.6 Å². The molecule has 0 spiro atoms. The highest BCUT2D eigenvalue weighted by atomic mass is 79.9. The second-order valence-corrected chi connectivity index (χ2v) is 5.63. The molecule has 4 heteroatoms. The molecule has 0 aliphatic heterocycles. The molecule has 18 heavy (non-hydrogen) atoms. The van der Waals surface area contributed by atoms with Crippen LogP contribution in [0.25, 0.3) is 0 Å². The highest BCUT2D eigenvalue weighted by Gasteiger charge is 2.27. The smallest absolute Gasteiger partial charge is 0.171 e. The van der Waals surface area contributed by atoms with E-state index in [1.165, 1.54) is 6.07 Å². The Labute approximate surface area is 114 Å². The van der Waals surface area contributed by atoms with Crippen molar-refractivity contribution in [3.8, 4) is 0 Å². The standard InChI is InChI=1S/C14H15BrF2O/c15-10-7-8-11(16)12(13(10)17)14(18)9-5-3-1-2-4-6-9/h7-9H,1-6H2. The van der Waals surface area contributed by atoms with E-state index in [4.69, 9.17) is 0 Å². The van der Waals surface area contributed by atoms with E-state index in [0.717, 1.165) is 44.6 Å². The van der Waals surface area contributed by atoms with Crippen LogP contribution in [0.4, 0.5) is 8.78 Å². The summed E-state index contributed by atoms with van der Waals surface area (Å²) in [6.07, 6.45) is 5.62. The first-order valence-electron chi connectivity index (χ1n) is 6.29.